The third-order valence-corrected chi connectivity index (χ3v) is 32.4. The van der Waals surface area contributed by atoms with Gasteiger partial charge in [0, 0.05) is 137 Å². The average Bonchev–Trinajstić information content (AvgIpc) is 1.59. The Kier molecular flexibility index (Phi) is 41.7. The van der Waals surface area contributed by atoms with Crippen LogP contribution in [0.25, 0.3) is 116 Å². The Morgan fingerprint density at radius 3 is 1.12 bits per heavy atom. The first-order valence-electron chi connectivity index (χ1n) is 39.3. The van der Waals surface area contributed by atoms with Crippen LogP contribution >= 0.6 is 206 Å². The molecule has 0 aliphatic rings. The second-order valence-electron chi connectivity index (χ2n) is 27.6. The van der Waals surface area contributed by atoms with Crippen molar-refractivity contribution in [2.75, 3.05) is 22.6 Å². The maximum Gasteiger partial charge on any atom is 0.489 e. The van der Waals surface area contributed by atoms with Crippen molar-refractivity contribution < 1.29 is 52.2 Å². The third-order valence-electron chi connectivity index (χ3n) is 18.9. The fraction of sp³-hybridized carbons (Fsp3) is 0.0700. The molecule has 0 saturated heterocycles. The molecule has 17 aromatic carbocycles. The van der Waals surface area contributed by atoms with Crippen molar-refractivity contribution in [1.82, 2.24) is 0 Å². The van der Waals surface area contributed by atoms with Crippen molar-refractivity contribution in [3.63, 3.8) is 0 Å². The first kappa shape index (κ1) is 105. The molecular formula is C100H79BBr5Cl5INO11S6. The summed E-state index contributed by atoms with van der Waals surface area (Å²) in [5.74, 6) is 1.89. The first-order chi connectivity index (χ1) is 62.4. The molecule has 1 atom stereocenters. The Labute approximate surface area is 853 Å². The maximum atomic E-state index is 12.4. The van der Waals surface area contributed by atoms with Gasteiger partial charge in [-0.25, -0.2) is 0 Å². The van der Waals surface area contributed by atoms with Crippen LogP contribution in [0.1, 0.15) is 27.7 Å². The summed E-state index contributed by atoms with van der Waals surface area (Å²) in [6.07, 6.45) is 0. The summed E-state index contributed by atoms with van der Waals surface area (Å²) in [5.41, 5.74) is 6.69. The molecule has 0 fully saturated rings. The zero-order chi connectivity index (χ0) is 93.9. The van der Waals surface area contributed by atoms with E-state index in [-0.39, 0.29) is 0 Å². The lowest BCUT2D eigenvalue weighted by atomic mass is 9.79. The summed E-state index contributed by atoms with van der Waals surface area (Å²) in [4.78, 5) is 12.4. The normalized spacial score (nSPS) is 10.9. The summed E-state index contributed by atoms with van der Waals surface area (Å²) >= 11 is 59.5. The van der Waals surface area contributed by atoms with Crippen LogP contribution in [0.15, 0.2) is 359 Å². The number of aliphatic carboxylic acids is 1. The highest BCUT2D eigenvalue weighted by molar-refractivity contribution is 14.1. The van der Waals surface area contributed by atoms with Crippen molar-refractivity contribution in [3.8, 4) is 22.3 Å². The topological polar surface area (TPSA) is 222 Å². The molecule has 0 aliphatic carbocycles. The summed E-state index contributed by atoms with van der Waals surface area (Å²) < 4.78 is 55.8. The largest absolute Gasteiger partial charge is 0.489 e. The van der Waals surface area contributed by atoms with Crippen molar-refractivity contribution >= 4 is 352 Å². The molecule has 1 unspecified atom stereocenters. The molecule has 8 N–H and O–H groups in total. The molecule has 0 saturated carbocycles. The number of fused-ring (bicyclic) bond motifs is 13. The smallest absolute Gasteiger partial charge is 0.481 e. The van der Waals surface area contributed by atoms with Crippen molar-refractivity contribution in [2.45, 2.75) is 42.4 Å². The van der Waals surface area contributed by atoms with Crippen LogP contribution in [0.2, 0.25) is 25.1 Å². The fourth-order valence-corrected chi connectivity index (χ4v) is 24.9. The van der Waals surface area contributed by atoms with Gasteiger partial charge >= 0.3 is 17.5 Å². The third kappa shape index (κ3) is 28.8. The number of carboxylic acid groups (broad SMARTS) is 1. The SMILES string of the molecule is CC(=O)O.CCS(=O)c1c(Br)cccc1-c1cc2ccccc2cc1Cl.CCSc1c(Br)cccc1-c1cc2ccccc2cc1Cl.CCSc1c(Br)cccc1I.Clc1cc2ccccc2c2sc3c(Br)cccc3c12.Clc1cc2ccccc2c2sc3c(Br)cccc3c12.O=S(=O)(O)O.OB(O)c1cc2ccccc2cc1Cl.OO.c1ccc(Nc2ccccc2)cc1. The molecule has 2 heterocycles. The van der Waals surface area contributed by atoms with E-state index in [1.165, 1.54) is 96.1 Å². The van der Waals surface area contributed by atoms with Gasteiger partial charge in [-0.15, -0.1) is 46.2 Å². The fourth-order valence-electron chi connectivity index (χ4n) is 13.4. The van der Waals surface area contributed by atoms with Gasteiger partial charge in [-0.1, -0.05) is 297 Å². The molecule has 19 aromatic rings. The monoisotopic (exact) mass is 2370 g/mol. The van der Waals surface area contributed by atoms with Crippen LogP contribution in [0, 0.1) is 3.57 Å². The number of hydrogen-bond acceptors (Lipinski definition) is 13. The molecule has 12 nitrogen and oxygen atoms in total. The molecular weight excluding hydrogens is 2300 g/mol. The second-order valence-corrected chi connectivity index (χ2v) is 42.2. The van der Waals surface area contributed by atoms with E-state index in [0.29, 0.717) is 21.3 Å². The van der Waals surface area contributed by atoms with E-state index in [2.05, 4.69) is 279 Å². The van der Waals surface area contributed by atoms with Gasteiger partial charge in [0.05, 0.1) is 25.7 Å². The number of carboxylic acids is 1. The van der Waals surface area contributed by atoms with Gasteiger partial charge in [0.1, 0.15) is 0 Å². The van der Waals surface area contributed by atoms with E-state index < -0.39 is 34.3 Å². The summed E-state index contributed by atoms with van der Waals surface area (Å²) in [6.45, 7) is 7.33. The first-order valence-corrected chi connectivity index (χ1v) is 52.6. The summed E-state index contributed by atoms with van der Waals surface area (Å²) in [5, 5.41) is 60.6. The lowest BCUT2D eigenvalue weighted by Crippen LogP contribution is -2.30. The van der Waals surface area contributed by atoms with E-state index in [1.807, 2.05) is 182 Å². The van der Waals surface area contributed by atoms with Crippen LogP contribution in [0.5, 0.6) is 0 Å². The number of benzene rings is 17. The predicted molar refractivity (Wildman–Crippen MR) is 588 cm³/mol. The van der Waals surface area contributed by atoms with E-state index >= 15 is 0 Å². The number of nitrogens with one attached hydrogen (secondary N) is 1. The lowest BCUT2D eigenvalue weighted by Gasteiger charge is -2.13. The Bertz CT molecular complexity index is 7080. The predicted octanol–water partition coefficient (Wildman–Crippen LogP) is 34.6. The number of rotatable bonds is 11. The number of halogens is 11. The lowest BCUT2D eigenvalue weighted by molar-refractivity contribution is -0.176. The number of hydrogen-bond donors (Lipinski definition) is 8. The minimum absolute atomic E-state index is 0.338. The van der Waals surface area contributed by atoms with Gasteiger partial charge in [0.2, 0.25) is 0 Å². The number of para-hydroxylation sites is 2. The van der Waals surface area contributed by atoms with E-state index in [0.717, 1.165) is 106 Å². The number of carbonyl (C=O) groups is 1. The van der Waals surface area contributed by atoms with Gasteiger partial charge in [0.15, 0.2) is 0 Å². The molecule has 0 bridgehead atoms. The zero-order valence-electron chi connectivity index (χ0n) is 69.2. The minimum Gasteiger partial charge on any atom is -0.481 e. The van der Waals surface area contributed by atoms with Gasteiger partial charge in [-0.2, -0.15) is 8.42 Å². The molecule has 2 aromatic heterocycles. The highest BCUT2D eigenvalue weighted by Gasteiger charge is 2.21. The van der Waals surface area contributed by atoms with Crippen LogP contribution in [0.3, 0.4) is 0 Å². The van der Waals surface area contributed by atoms with Crippen molar-refractivity contribution in [2.24, 2.45) is 0 Å². The molecule has 0 spiro atoms. The molecule has 30 heteroatoms. The average molecular weight is 2380 g/mol. The van der Waals surface area contributed by atoms with Gasteiger partial charge < -0.3 is 20.5 Å². The van der Waals surface area contributed by atoms with E-state index in [9.17, 15) is 4.21 Å². The Morgan fingerprint density at radius 1 is 0.400 bits per heavy atom. The molecule has 666 valence electrons. The molecule has 19 rings (SSSR count). The molecule has 0 amide bonds. The molecule has 0 radical (unpaired) electrons. The minimum atomic E-state index is -4.67. The Hall–Kier alpha value is -7.05. The van der Waals surface area contributed by atoms with Crippen LogP contribution < -0.4 is 10.8 Å². The van der Waals surface area contributed by atoms with E-state index in [4.69, 9.17) is 106 Å². The number of anilines is 2. The highest BCUT2D eigenvalue weighted by atomic mass is 127. The second kappa shape index (κ2) is 51.6. The molecule has 130 heavy (non-hydrogen) atoms. The maximum absolute atomic E-state index is 12.4. The summed E-state index contributed by atoms with van der Waals surface area (Å²) in [7, 11) is -7.25. The van der Waals surface area contributed by atoms with E-state index in [1.54, 1.807) is 34.8 Å². The highest BCUT2D eigenvalue weighted by Crippen LogP contribution is 2.48. The van der Waals surface area contributed by atoms with Crippen LogP contribution in [-0.2, 0) is 26.0 Å². The van der Waals surface area contributed by atoms with Gasteiger partial charge in [-0.05, 0) is 276 Å². The van der Waals surface area contributed by atoms with Gasteiger partial charge in [-0.3, -0.25) is 28.6 Å². The number of thioether (sulfide) groups is 2. The van der Waals surface area contributed by atoms with Crippen LogP contribution in [-0.4, -0.2) is 77.7 Å². The Balaban J connectivity index is 0.000000156. The van der Waals surface area contributed by atoms with Gasteiger partial charge in [0.25, 0.3) is 5.97 Å². The van der Waals surface area contributed by atoms with Crippen LogP contribution in [0.4, 0.5) is 11.4 Å². The standard InChI is InChI=1S/C18H14BrClOS.C18H14BrClS.2C16H8BrClS.C12H11N.C10H8BClO2.C8H8BrIS.C2H4O2.H2O4S.H2O2/c1-2-22(21)18-14(8-5-9-16(18)19)15-10-12-6-3-4-7-13(12)11-17(15)20;1-2-21-18-14(8-5-9-16(18)19)15-10-12-6-3-4-7-13(12)11-17(15)20;2*17-12-7-3-6-11-14-13(18)8-9-4-1-2-5-10(9)16(14)19-15(11)12;1-3-7-11(8-4-1)13-12-9-5-2-6-10-12;12-10-6-8-4-2-1-3-7(8)5-9(10)11(13)14;1-2-11-8-6(9)4-3-5-7(8)10;1-2(3)4;1-5(2,3)4;1-2/h3-11H,2H2,1H3;3-11H,2H2,1H3;2*1-8H;1-10,13H;1-6,13-14H;3-5H,2H2,1H3;1H3,(H,3,4);(H2,1,2,3,4);1-2H. The molecule has 0 aliphatic heterocycles. The zero-order valence-corrected chi connectivity index (χ0v) is 87.9. The number of thiophene rings is 2. The van der Waals surface area contributed by atoms with Crippen molar-refractivity contribution in [3.05, 3.63) is 373 Å². The van der Waals surface area contributed by atoms with Crippen molar-refractivity contribution in [1.29, 1.82) is 0 Å². The summed E-state index contributed by atoms with van der Waals surface area (Å²) in [6, 6.07) is 108. The quantitative estimate of drug-likeness (QED) is 0.0151. The Morgan fingerprint density at radius 2 is 0.715 bits per heavy atom.